The summed E-state index contributed by atoms with van der Waals surface area (Å²) < 4.78 is 1.77. The third-order valence-corrected chi connectivity index (χ3v) is 4.88. The number of aliphatic hydroxyl groups excluding tert-OH is 1. The van der Waals surface area contributed by atoms with E-state index in [1.807, 2.05) is 20.0 Å². The maximum absolute atomic E-state index is 9.85. The lowest BCUT2D eigenvalue weighted by molar-refractivity contribution is 0.271. The predicted octanol–water partition coefficient (Wildman–Crippen LogP) is 3.08. The maximum atomic E-state index is 9.85. The smallest absolute Gasteiger partial charge is 0.139 e. The van der Waals surface area contributed by atoms with E-state index in [9.17, 15) is 5.11 Å². The lowest BCUT2D eigenvalue weighted by Crippen LogP contribution is -2.19. The van der Waals surface area contributed by atoms with Crippen molar-refractivity contribution in [3.63, 3.8) is 0 Å². The van der Waals surface area contributed by atoms with Crippen LogP contribution in [0.4, 0.5) is 5.82 Å². The average Bonchev–Trinajstić information content (AvgIpc) is 3.11. The third-order valence-electron chi connectivity index (χ3n) is 3.96. The first-order chi connectivity index (χ1) is 11.5. The maximum Gasteiger partial charge on any atom is 0.139 e. The molecule has 0 saturated heterocycles. The summed E-state index contributed by atoms with van der Waals surface area (Å²) in [6.07, 6.45) is 2.71. The van der Waals surface area contributed by atoms with Gasteiger partial charge >= 0.3 is 0 Å². The molecular weight excluding hydrogens is 322 g/mol. The summed E-state index contributed by atoms with van der Waals surface area (Å²) in [6.45, 7) is 6.27. The molecule has 3 rings (SSSR count). The van der Waals surface area contributed by atoms with Crippen LogP contribution in [-0.4, -0.2) is 31.5 Å². The number of aliphatic hydroxyl groups is 1. The van der Waals surface area contributed by atoms with Gasteiger partial charge < -0.3 is 10.4 Å². The first-order valence-electron chi connectivity index (χ1n) is 8.09. The molecule has 0 spiro atoms. The van der Waals surface area contributed by atoms with Gasteiger partial charge in [-0.2, -0.15) is 5.10 Å². The second kappa shape index (κ2) is 6.86. The molecule has 128 valence electrons. The van der Waals surface area contributed by atoms with Crippen molar-refractivity contribution in [2.24, 2.45) is 13.0 Å². The van der Waals surface area contributed by atoms with Crippen molar-refractivity contribution in [3.05, 3.63) is 34.7 Å². The fourth-order valence-electron chi connectivity index (χ4n) is 2.91. The van der Waals surface area contributed by atoms with Crippen LogP contribution in [0.15, 0.2) is 17.6 Å². The van der Waals surface area contributed by atoms with Gasteiger partial charge in [-0.25, -0.2) is 9.97 Å². The minimum atomic E-state index is -0.262. The first kappa shape index (κ1) is 16.9. The van der Waals surface area contributed by atoms with Crippen LogP contribution in [0.2, 0.25) is 0 Å². The van der Waals surface area contributed by atoms with Gasteiger partial charge in [0, 0.05) is 13.2 Å². The Bertz CT molecular complexity index is 839. The monoisotopic (exact) mass is 345 g/mol. The van der Waals surface area contributed by atoms with Crippen LogP contribution in [-0.2, 0) is 13.5 Å². The molecule has 0 bridgehead atoms. The van der Waals surface area contributed by atoms with Crippen LogP contribution in [0.5, 0.6) is 0 Å². The summed E-state index contributed by atoms with van der Waals surface area (Å²) in [7, 11) is 1.87. The molecule has 0 amide bonds. The lowest BCUT2D eigenvalue weighted by Gasteiger charge is -2.18. The summed E-state index contributed by atoms with van der Waals surface area (Å²) in [6, 6.07) is 1.64. The van der Waals surface area contributed by atoms with Gasteiger partial charge in [-0.1, -0.05) is 13.8 Å². The zero-order chi connectivity index (χ0) is 17.3. The number of hydrogen-bond donors (Lipinski definition) is 2. The molecule has 0 aromatic carbocycles. The van der Waals surface area contributed by atoms with Crippen molar-refractivity contribution in [2.45, 2.75) is 33.2 Å². The Balaban J connectivity index is 2.04. The normalized spacial score (nSPS) is 12.9. The number of hydrogen-bond acceptors (Lipinski definition) is 6. The number of aryl methyl sites for hydroxylation is 2. The number of nitrogens with zero attached hydrogens (tertiary/aromatic N) is 4. The number of anilines is 1. The highest BCUT2D eigenvalue weighted by Gasteiger charge is 2.19. The van der Waals surface area contributed by atoms with E-state index in [-0.39, 0.29) is 12.6 Å². The molecule has 0 aliphatic heterocycles. The van der Waals surface area contributed by atoms with Gasteiger partial charge in [0.2, 0.25) is 0 Å². The fraction of sp³-hybridized carbons (Fsp3) is 0.471. The molecule has 0 radical (unpaired) electrons. The van der Waals surface area contributed by atoms with E-state index in [1.165, 1.54) is 5.56 Å². The van der Waals surface area contributed by atoms with Crippen molar-refractivity contribution in [2.75, 3.05) is 11.9 Å². The molecule has 3 aromatic rings. The van der Waals surface area contributed by atoms with Crippen molar-refractivity contribution < 1.29 is 5.11 Å². The molecule has 0 fully saturated rings. The molecular formula is C17H23N5OS. The number of aromatic nitrogens is 4. The summed E-state index contributed by atoms with van der Waals surface area (Å²) in [5.41, 5.74) is 2.18. The molecule has 0 aliphatic carbocycles. The first-order valence-corrected chi connectivity index (χ1v) is 8.97. The van der Waals surface area contributed by atoms with Crippen LogP contribution in [0, 0.1) is 12.8 Å². The summed E-state index contributed by atoms with van der Waals surface area (Å²) >= 11 is 1.65. The summed E-state index contributed by atoms with van der Waals surface area (Å²) in [5, 5.41) is 20.7. The second-order valence-electron chi connectivity index (χ2n) is 6.42. The van der Waals surface area contributed by atoms with Crippen molar-refractivity contribution in [3.8, 4) is 0 Å². The van der Waals surface area contributed by atoms with Crippen molar-refractivity contribution in [1.29, 1.82) is 0 Å². The summed E-state index contributed by atoms with van der Waals surface area (Å²) in [5.74, 6) is 2.07. The van der Waals surface area contributed by atoms with Crippen molar-refractivity contribution in [1.82, 2.24) is 19.7 Å². The minimum absolute atomic E-state index is 0.0340. The van der Waals surface area contributed by atoms with E-state index in [0.717, 1.165) is 34.0 Å². The Morgan fingerprint density at radius 3 is 2.75 bits per heavy atom. The van der Waals surface area contributed by atoms with E-state index >= 15 is 0 Å². The number of nitrogens with one attached hydrogen (secondary N) is 1. The highest BCUT2D eigenvalue weighted by atomic mass is 32.1. The van der Waals surface area contributed by atoms with Crippen LogP contribution in [0.25, 0.3) is 10.2 Å². The van der Waals surface area contributed by atoms with Gasteiger partial charge in [-0.05, 0) is 36.3 Å². The largest absolute Gasteiger partial charge is 0.394 e. The lowest BCUT2D eigenvalue weighted by atomic mass is 10.0. The molecule has 0 saturated carbocycles. The molecule has 0 aliphatic rings. The van der Waals surface area contributed by atoms with Crippen LogP contribution in [0.3, 0.4) is 0 Å². The van der Waals surface area contributed by atoms with E-state index < -0.39 is 0 Å². The van der Waals surface area contributed by atoms with E-state index in [1.54, 1.807) is 22.2 Å². The molecule has 7 heteroatoms. The molecule has 3 heterocycles. The quantitative estimate of drug-likeness (QED) is 0.718. The molecule has 6 nitrogen and oxygen atoms in total. The van der Waals surface area contributed by atoms with E-state index in [0.29, 0.717) is 5.92 Å². The Morgan fingerprint density at radius 2 is 2.12 bits per heavy atom. The average molecular weight is 345 g/mol. The number of fused-ring (bicyclic) bond motifs is 1. The molecule has 1 atom stereocenters. The Morgan fingerprint density at radius 1 is 1.33 bits per heavy atom. The van der Waals surface area contributed by atoms with Gasteiger partial charge in [0.15, 0.2) is 0 Å². The van der Waals surface area contributed by atoms with Crippen molar-refractivity contribution >= 4 is 27.4 Å². The third kappa shape index (κ3) is 3.27. The Kier molecular flexibility index (Phi) is 4.82. The zero-order valence-electron chi connectivity index (χ0n) is 14.4. The van der Waals surface area contributed by atoms with Gasteiger partial charge in [-0.15, -0.1) is 11.3 Å². The van der Waals surface area contributed by atoms with E-state index in [4.69, 9.17) is 0 Å². The number of thiophene rings is 1. The molecule has 3 aromatic heterocycles. The molecule has 24 heavy (non-hydrogen) atoms. The van der Waals surface area contributed by atoms with E-state index in [2.05, 4.69) is 39.6 Å². The SMILES string of the molecule is Cc1nc(NC(CO)c2ccnn2C)c2c(CC(C)C)csc2n1. The van der Waals surface area contributed by atoms with Gasteiger partial charge in [-0.3, -0.25) is 4.68 Å². The van der Waals surface area contributed by atoms with Gasteiger partial charge in [0.25, 0.3) is 0 Å². The van der Waals surface area contributed by atoms with Crippen LogP contribution in [0.1, 0.15) is 37.0 Å². The summed E-state index contributed by atoms with van der Waals surface area (Å²) in [4.78, 5) is 10.2. The van der Waals surface area contributed by atoms with Crippen LogP contribution < -0.4 is 5.32 Å². The zero-order valence-corrected chi connectivity index (χ0v) is 15.3. The predicted molar refractivity (Wildman–Crippen MR) is 97.4 cm³/mol. The minimum Gasteiger partial charge on any atom is -0.394 e. The van der Waals surface area contributed by atoms with Gasteiger partial charge in [0.05, 0.1) is 23.7 Å². The van der Waals surface area contributed by atoms with Gasteiger partial charge in [0.1, 0.15) is 16.5 Å². The molecule has 2 N–H and O–H groups in total. The molecule has 1 unspecified atom stereocenters. The number of rotatable bonds is 6. The fourth-order valence-corrected chi connectivity index (χ4v) is 3.90. The topological polar surface area (TPSA) is 75.9 Å². The Hall–Kier alpha value is -1.99. The Labute approximate surface area is 145 Å². The highest BCUT2D eigenvalue weighted by Crippen LogP contribution is 2.33. The second-order valence-corrected chi connectivity index (χ2v) is 7.28. The highest BCUT2D eigenvalue weighted by molar-refractivity contribution is 7.17. The van der Waals surface area contributed by atoms with Crippen LogP contribution >= 0.6 is 11.3 Å². The standard InChI is InChI=1S/C17H23N5OS/c1-10(2)7-12-9-24-17-15(12)16(19-11(3)20-17)21-13(8-23)14-5-6-18-22(14)4/h5-6,9-10,13,23H,7-8H2,1-4H3,(H,19,20,21).